The summed E-state index contributed by atoms with van der Waals surface area (Å²) in [7, 11) is 0. The van der Waals surface area contributed by atoms with Gasteiger partial charge >= 0.3 is 0 Å². The summed E-state index contributed by atoms with van der Waals surface area (Å²) in [6.45, 7) is 5.99. The second kappa shape index (κ2) is 4.22. The number of aryl methyl sites for hydroxylation is 1. The van der Waals surface area contributed by atoms with Crippen LogP contribution in [0.25, 0.3) is 0 Å². The van der Waals surface area contributed by atoms with E-state index in [4.69, 9.17) is 0 Å². The van der Waals surface area contributed by atoms with Crippen LogP contribution < -0.4 is 0 Å². The molecule has 0 radical (unpaired) electrons. The van der Waals surface area contributed by atoms with Gasteiger partial charge in [0, 0.05) is 11.6 Å². The molecule has 3 nitrogen and oxygen atoms in total. The molecule has 14 heavy (non-hydrogen) atoms. The molecule has 0 saturated heterocycles. The summed E-state index contributed by atoms with van der Waals surface area (Å²) in [5.74, 6) is 0.441. The Hall–Kier alpha value is -1.38. The Kier molecular flexibility index (Phi) is 3.23. The lowest BCUT2D eigenvalue weighted by molar-refractivity contribution is -0.385. The fourth-order valence-corrected chi connectivity index (χ4v) is 1.46. The first-order valence-corrected chi connectivity index (χ1v) is 4.74. The molecule has 0 saturated carbocycles. The third-order valence-electron chi connectivity index (χ3n) is 2.07. The zero-order valence-electron chi connectivity index (χ0n) is 8.78. The van der Waals surface area contributed by atoms with Crippen LogP contribution in [-0.2, 0) is 6.42 Å². The molecule has 0 aromatic heterocycles. The zero-order chi connectivity index (χ0) is 10.7. The summed E-state index contributed by atoms with van der Waals surface area (Å²) in [5, 5.41) is 10.8. The lowest BCUT2D eigenvalue weighted by Crippen LogP contribution is -2.00. The van der Waals surface area contributed by atoms with Crippen LogP contribution in [0.1, 0.15) is 25.0 Å². The maximum absolute atomic E-state index is 10.8. The molecule has 0 aliphatic rings. The van der Waals surface area contributed by atoms with Crippen LogP contribution in [0.15, 0.2) is 18.2 Å². The molecule has 76 valence electrons. The van der Waals surface area contributed by atoms with Gasteiger partial charge in [-0.2, -0.15) is 0 Å². The third-order valence-corrected chi connectivity index (χ3v) is 2.07. The highest BCUT2D eigenvalue weighted by Gasteiger charge is 2.14. The number of nitrogens with zero attached hydrogens (tertiary/aromatic N) is 1. The Morgan fingerprint density at radius 3 is 2.57 bits per heavy atom. The molecule has 0 bridgehead atoms. The van der Waals surface area contributed by atoms with Gasteiger partial charge in [-0.15, -0.1) is 0 Å². The molecular formula is C11H15NO2. The van der Waals surface area contributed by atoms with Gasteiger partial charge < -0.3 is 0 Å². The first-order chi connectivity index (χ1) is 6.50. The van der Waals surface area contributed by atoms with Gasteiger partial charge in [-0.3, -0.25) is 10.1 Å². The Balaban J connectivity index is 3.08. The number of nitro groups is 1. The highest BCUT2D eigenvalue weighted by atomic mass is 16.6. The van der Waals surface area contributed by atoms with E-state index in [-0.39, 0.29) is 10.6 Å². The fraction of sp³-hybridized carbons (Fsp3) is 0.455. The van der Waals surface area contributed by atoms with E-state index in [0.29, 0.717) is 5.92 Å². The maximum Gasteiger partial charge on any atom is 0.272 e. The highest BCUT2D eigenvalue weighted by Crippen LogP contribution is 2.22. The van der Waals surface area contributed by atoms with E-state index < -0.39 is 0 Å². The molecule has 0 atom stereocenters. The summed E-state index contributed by atoms with van der Waals surface area (Å²) in [4.78, 5) is 10.5. The Morgan fingerprint density at radius 2 is 2.07 bits per heavy atom. The van der Waals surface area contributed by atoms with Gasteiger partial charge in [-0.1, -0.05) is 26.0 Å². The van der Waals surface area contributed by atoms with Crippen molar-refractivity contribution < 1.29 is 4.92 Å². The second-order valence-electron chi connectivity index (χ2n) is 3.99. The van der Waals surface area contributed by atoms with Crippen LogP contribution >= 0.6 is 0 Å². The van der Waals surface area contributed by atoms with Crippen molar-refractivity contribution in [3.8, 4) is 0 Å². The molecule has 1 aromatic carbocycles. The Labute approximate surface area is 83.9 Å². The molecule has 0 fully saturated rings. The van der Waals surface area contributed by atoms with Gasteiger partial charge in [0.05, 0.1) is 4.92 Å². The Bertz CT molecular complexity index is 345. The van der Waals surface area contributed by atoms with Crippen LogP contribution in [0.2, 0.25) is 0 Å². The van der Waals surface area contributed by atoms with E-state index in [1.807, 2.05) is 19.1 Å². The predicted molar refractivity (Wildman–Crippen MR) is 56.4 cm³/mol. The van der Waals surface area contributed by atoms with E-state index in [2.05, 4.69) is 13.8 Å². The first-order valence-electron chi connectivity index (χ1n) is 4.74. The summed E-state index contributed by atoms with van der Waals surface area (Å²) in [6, 6.07) is 5.41. The van der Waals surface area contributed by atoms with Crippen molar-refractivity contribution in [2.45, 2.75) is 27.2 Å². The van der Waals surface area contributed by atoms with Gasteiger partial charge in [-0.05, 0) is 24.8 Å². The molecule has 0 N–H and O–H groups in total. The summed E-state index contributed by atoms with van der Waals surface area (Å²) in [6.07, 6.45) is 0.761. The minimum Gasteiger partial charge on any atom is -0.258 e. The lowest BCUT2D eigenvalue weighted by atomic mass is 10.00. The first kappa shape index (κ1) is 10.7. The van der Waals surface area contributed by atoms with E-state index >= 15 is 0 Å². The molecule has 0 unspecified atom stereocenters. The normalized spacial score (nSPS) is 10.6. The molecule has 0 heterocycles. The molecule has 0 amide bonds. The summed E-state index contributed by atoms with van der Waals surface area (Å²) < 4.78 is 0. The molecule has 1 aromatic rings. The van der Waals surface area contributed by atoms with Crippen molar-refractivity contribution in [2.24, 2.45) is 5.92 Å². The Morgan fingerprint density at radius 1 is 1.43 bits per heavy atom. The number of rotatable bonds is 3. The lowest BCUT2D eigenvalue weighted by Gasteiger charge is -2.06. The summed E-state index contributed by atoms with van der Waals surface area (Å²) in [5.41, 5.74) is 2.01. The maximum atomic E-state index is 10.8. The topological polar surface area (TPSA) is 43.1 Å². The van der Waals surface area contributed by atoms with Crippen molar-refractivity contribution in [2.75, 3.05) is 0 Å². The van der Waals surface area contributed by atoms with E-state index in [0.717, 1.165) is 17.5 Å². The van der Waals surface area contributed by atoms with Crippen molar-refractivity contribution in [3.63, 3.8) is 0 Å². The second-order valence-corrected chi connectivity index (χ2v) is 3.99. The predicted octanol–water partition coefficient (Wildman–Crippen LogP) is 3.10. The van der Waals surface area contributed by atoms with Crippen molar-refractivity contribution >= 4 is 5.69 Å². The van der Waals surface area contributed by atoms with Crippen LogP contribution in [-0.4, -0.2) is 4.92 Å². The average molecular weight is 193 g/mol. The molecule has 0 aliphatic heterocycles. The van der Waals surface area contributed by atoms with E-state index in [1.165, 1.54) is 0 Å². The molecule has 0 spiro atoms. The minimum atomic E-state index is -0.301. The quantitative estimate of drug-likeness (QED) is 0.546. The van der Waals surface area contributed by atoms with Gasteiger partial charge in [0.1, 0.15) is 0 Å². The number of hydrogen-bond acceptors (Lipinski definition) is 2. The fourth-order valence-electron chi connectivity index (χ4n) is 1.46. The highest BCUT2D eigenvalue weighted by molar-refractivity contribution is 5.43. The van der Waals surface area contributed by atoms with Crippen LogP contribution in [0.5, 0.6) is 0 Å². The van der Waals surface area contributed by atoms with Crippen LogP contribution in [0.4, 0.5) is 5.69 Å². The largest absolute Gasteiger partial charge is 0.272 e. The van der Waals surface area contributed by atoms with Gasteiger partial charge in [0.2, 0.25) is 0 Å². The summed E-state index contributed by atoms with van der Waals surface area (Å²) >= 11 is 0. The average Bonchev–Trinajstić information content (AvgIpc) is 2.07. The smallest absolute Gasteiger partial charge is 0.258 e. The van der Waals surface area contributed by atoms with Gasteiger partial charge in [-0.25, -0.2) is 0 Å². The van der Waals surface area contributed by atoms with E-state index in [9.17, 15) is 10.1 Å². The van der Waals surface area contributed by atoms with Crippen LogP contribution in [0, 0.1) is 23.0 Å². The third kappa shape index (κ3) is 2.55. The number of hydrogen-bond donors (Lipinski definition) is 0. The SMILES string of the molecule is Cc1ccc(CC(C)C)c([N+](=O)[O-])c1. The molecule has 3 heteroatoms. The van der Waals surface area contributed by atoms with Crippen molar-refractivity contribution in [3.05, 3.63) is 39.4 Å². The van der Waals surface area contributed by atoms with E-state index in [1.54, 1.807) is 6.07 Å². The number of nitro benzene ring substituents is 1. The number of benzene rings is 1. The molecule has 1 rings (SSSR count). The molecule has 0 aliphatic carbocycles. The standard InChI is InChI=1S/C11H15NO2/c1-8(2)6-10-5-4-9(3)7-11(10)12(13)14/h4-5,7-8H,6H2,1-3H3. The van der Waals surface area contributed by atoms with Crippen molar-refractivity contribution in [1.29, 1.82) is 0 Å². The minimum absolute atomic E-state index is 0.249. The molecular weight excluding hydrogens is 178 g/mol. The zero-order valence-corrected chi connectivity index (χ0v) is 8.78. The monoisotopic (exact) mass is 193 g/mol. The van der Waals surface area contributed by atoms with Crippen molar-refractivity contribution in [1.82, 2.24) is 0 Å². The van der Waals surface area contributed by atoms with Crippen LogP contribution in [0.3, 0.4) is 0 Å². The van der Waals surface area contributed by atoms with Gasteiger partial charge in [0.25, 0.3) is 5.69 Å². The van der Waals surface area contributed by atoms with Gasteiger partial charge in [0.15, 0.2) is 0 Å².